The van der Waals surface area contributed by atoms with Crippen LogP contribution < -0.4 is 0 Å². The summed E-state index contributed by atoms with van der Waals surface area (Å²) < 4.78 is 9.42. The highest BCUT2D eigenvalue weighted by atomic mass is 16.5. The molecule has 0 bridgehead atoms. The van der Waals surface area contributed by atoms with E-state index in [1.165, 1.54) is 0 Å². The molecular formula is C16H22N6O. The van der Waals surface area contributed by atoms with Gasteiger partial charge in [-0.1, -0.05) is 19.0 Å². The van der Waals surface area contributed by atoms with Crippen molar-refractivity contribution in [3.63, 3.8) is 0 Å². The zero-order valence-electron chi connectivity index (χ0n) is 14.2. The van der Waals surface area contributed by atoms with E-state index < -0.39 is 0 Å². The first-order chi connectivity index (χ1) is 11.0. The summed E-state index contributed by atoms with van der Waals surface area (Å²) in [6.07, 6.45) is 6.46. The summed E-state index contributed by atoms with van der Waals surface area (Å²) in [5.41, 5.74) is 0.837. The summed E-state index contributed by atoms with van der Waals surface area (Å²) in [6, 6.07) is -0.0942. The van der Waals surface area contributed by atoms with Gasteiger partial charge in [0.2, 0.25) is 5.89 Å². The molecular weight excluding hydrogens is 292 g/mol. The SMILES string of the molecule is Cc1nc(-c2nccn2C(C)c2nc(CC(C)C)no2)cn1C. The number of aryl methyl sites for hydroxylation is 2. The highest BCUT2D eigenvalue weighted by Crippen LogP contribution is 2.24. The number of hydrogen-bond acceptors (Lipinski definition) is 5. The first-order valence-corrected chi connectivity index (χ1v) is 7.81. The number of nitrogens with zero attached hydrogens (tertiary/aromatic N) is 6. The van der Waals surface area contributed by atoms with Crippen LogP contribution in [-0.2, 0) is 13.5 Å². The van der Waals surface area contributed by atoms with Crippen molar-refractivity contribution in [3.05, 3.63) is 36.1 Å². The van der Waals surface area contributed by atoms with Gasteiger partial charge in [-0.25, -0.2) is 9.97 Å². The molecule has 0 saturated carbocycles. The van der Waals surface area contributed by atoms with Gasteiger partial charge in [0, 0.05) is 32.1 Å². The average molecular weight is 314 g/mol. The molecule has 0 fully saturated rings. The topological polar surface area (TPSA) is 74.6 Å². The molecule has 0 N–H and O–H groups in total. The molecule has 0 aromatic carbocycles. The molecule has 1 atom stereocenters. The van der Waals surface area contributed by atoms with Crippen molar-refractivity contribution in [2.45, 2.75) is 40.2 Å². The lowest BCUT2D eigenvalue weighted by atomic mass is 10.1. The minimum atomic E-state index is -0.0942. The molecule has 0 aliphatic carbocycles. The fourth-order valence-electron chi connectivity index (χ4n) is 2.49. The van der Waals surface area contributed by atoms with Gasteiger partial charge in [0.05, 0.1) is 0 Å². The van der Waals surface area contributed by atoms with E-state index in [2.05, 4.69) is 34.0 Å². The average Bonchev–Trinajstić information content (AvgIpc) is 3.18. The van der Waals surface area contributed by atoms with Crippen LogP contribution in [0.3, 0.4) is 0 Å². The zero-order chi connectivity index (χ0) is 16.6. The van der Waals surface area contributed by atoms with E-state index in [9.17, 15) is 0 Å². The summed E-state index contributed by atoms with van der Waals surface area (Å²) in [5.74, 6) is 3.57. The Labute approximate surface area is 135 Å². The molecule has 0 aliphatic heterocycles. The van der Waals surface area contributed by atoms with Gasteiger partial charge < -0.3 is 13.7 Å². The second kappa shape index (κ2) is 5.98. The fraction of sp³-hybridized carbons (Fsp3) is 0.500. The van der Waals surface area contributed by atoms with Gasteiger partial charge in [-0.05, 0) is 19.8 Å². The van der Waals surface area contributed by atoms with Crippen LogP contribution in [0.15, 0.2) is 23.1 Å². The van der Waals surface area contributed by atoms with Gasteiger partial charge in [-0.3, -0.25) is 0 Å². The van der Waals surface area contributed by atoms with Crippen LogP contribution in [0.4, 0.5) is 0 Å². The molecule has 0 amide bonds. The highest BCUT2D eigenvalue weighted by Gasteiger charge is 2.21. The summed E-state index contributed by atoms with van der Waals surface area (Å²) in [4.78, 5) is 13.5. The minimum Gasteiger partial charge on any atom is -0.337 e. The molecule has 3 aromatic heterocycles. The lowest BCUT2D eigenvalue weighted by Gasteiger charge is -2.11. The lowest BCUT2D eigenvalue weighted by Crippen LogP contribution is -2.08. The zero-order valence-corrected chi connectivity index (χ0v) is 14.2. The van der Waals surface area contributed by atoms with Crippen LogP contribution in [0, 0.1) is 12.8 Å². The first-order valence-electron chi connectivity index (χ1n) is 7.81. The van der Waals surface area contributed by atoms with Crippen molar-refractivity contribution in [1.29, 1.82) is 0 Å². The van der Waals surface area contributed by atoms with Crippen molar-refractivity contribution < 1.29 is 4.52 Å². The fourth-order valence-corrected chi connectivity index (χ4v) is 2.49. The standard InChI is InChI=1S/C16H22N6O/c1-10(2)8-14-19-16(23-20-14)11(3)22-7-6-17-15(22)13-9-21(5)12(4)18-13/h6-7,9-11H,8H2,1-5H3. The smallest absolute Gasteiger partial charge is 0.249 e. The van der Waals surface area contributed by atoms with E-state index in [1.807, 2.05) is 42.4 Å². The van der Waals surface area contributed by atoms with E-state index in [0.717, 1.165) is 29.6 Å². The van der Waals surface area contributed by atoms with Crippen molar-refractivity contribution in [1.82, 2.24) is 29.2 Å². The maximum Gasteiger partial charge on any atom is 0.249 e. The summed E-state index contributed by atoms with van der Waals surface area (Å²) >= 11 is 0. The van der Waals surface area contributed by atoms with Gasteiger partial charge in [0.1, 0.15) is 17.6 Å². The molecule has 1 unspecified atom stereocenters. The van der Waals surface area contributed by atoms with E-state index >= 15 is 0 Å². The first kappa shape index (κ1) is 15.5. The van der Waals surface area contributed by atoms with Gasteiger partial charge in [0.25, 0.3) is 0 Å². The summed E-state index contributed by atoms with van der Waals surface area (Å²) in [7, 11) is 1.97. The van der Waals surface area contributed by atoms with Gasteiger partial charge in [-0.15, -0.1) is 0 Å². The second-order valence-corrected chi connectivity index (χ2v) is 6.27. The Kier molecular flexibility index (Phi) is 4.02. The molecule has 3 heterocycles. The Balaban J connectivity index is 1.90. The number of imidazole rings is 2. The third kappa shape index (κ3) is 3.04. The van der Waals surface area contributed by atoms with Crippen LogP contribution in [0.2, 0.25) is 0 Å². The molecule has 0 radical (unpaired) electrons. The third-order valence-corrected chi connectivity index (χ3v) is 3.86. The van der Waals surface area contributed by atoms with E-state index in [0.29, 0.717) is 11.8 Å². The van der Waals surface area contributed by atoms with E-state index in [4.69, 9.17) is 4.52 Å². The summed E-state index contributed by atoms with van der Waals surface area (Å²) in [6.45, 7) is 8.26. The minimum absolute atomic E-state index is 0.0942. The number of aromatic nitrogens is 6. The van der Waals surface area contributed by atoms with Gasteiger partial charge in [-0.2, -0.15) is 4.98 Å². The van der Waals surface area contributed by atoms with Crippen molar-refractivity contribution in [2.24, 2.45) is 13.0 Å². The molecule has 7 heteroatoms. The molecule has 7 nitrogen and oxygen atoms in total. The maximum atomic E-state index is 5.44. The van der Waals surface area contributed by atoms with Crippen LogP contribution in [0.1, 0.15) is 44.4 Å². The molecule has 122 valence electrons. The Morgan fingerprint density at radius 1 is 1.22 bits per heavy atom. The molecule has 0 aliphatic rings. The van der Waals surface area contributed by atoms with Crippen molar-refractivity contribution in [3.8, 4) is 11.5 Å². The largest absolute Gasteiger partial charge is 0.337 e. The Morgan fingerprint density at radius 3 is 2.65 bits per heavy atom. The van der Waals surface area contributed by atoms with Crippen molar-refractivity contribution >= 4 is 0 Å². The lowest BCUT2D eigenvalue weighted by molar-refractivity contribution is 0.341. The van der Waals surface area contributed by atoms with E-state index in [1.54, 1.807) is 6.20 Å². The van der Waals surface area contributed by atoms with Gasteiger partial charge >= 0.3 is 0 Å². The Morgan fingerprint density at radius 2 is 2.00 bits per heavy atom. The molecule has 3 rings (SSSR count). The predicted molar refractivity (Wildman–Crippen MR) is 85.8 cm³/mol. The Hall–Kier alpha value is -2.44. The highest BCUT2D eigenvalue weighted by molar-refractivity contribution is 5.49. The second-order valence-electron chi connectivity index (χ2n) is 6.27. The molecule has 3 aromatic rings. The number of hydrogen-bond donors (Lipinski definition) is 0. The van der Waals surface area contributed by atoms with Crippen LogP contribution in [0.25, 0.3) is 11.5 Å². The monoisotopic (exact) mass is 314 g/mol. The number of rotatable bonds is 5. The quantitative estimate of drug-likeness (QED) is 0.724. The van der Waals surface area contributed by atoms with E-state index in [-0.39, 0.29) is 6.04 Å². The van der Waals surface area contributed by atoms with Crippen molar-refractivity contribution in [2.75, 3.05) is 0 Å². The normalized spacial score (nSPS) is 13.0. The van der Waals surface area contributed by atoms with Crippen LogP contribution in [-0.4, -0.2) is 29.2 Å². The van der Waals surface area contributed by atoms with Crippen LogP contribution >= 0.6 is 0 Å². The molecule has 0 saturated heterocycles. The molecule has 23 heavy (non-hydrogen) atoms. The molecule has 0 spiro atoms. The predicted octanol–water partition coefficient (Wildman–Crippen LogP) is 2.78. The Bertz CT molecular complexity index is 778. The third-order valence-electron chi connectivity index (χ3n) is 3.86. The maximum absolute atomic E-state index is 5.44. The van der Waals surface area contributed by atoms with Crippen LogP contribution in [0.5, 0.6) is 0 Å². The van der Waals surface area contributed by atoms with Gasteiger partial charge in [0.15, 0.2) is 11.6 Å². The summed E-state index contributed by atoms with van der Waals surface area (Å²) in [5, 5.41) is 4.07.